The first-order valence-corrected chi connectivity index (χ1v) is 8.99. The second-order valence-corrected chi connectivity index (χ2v) is 6.34. The first kappa shape index (κ1) is 19.8. The maximum atomic E-state index is 13.1. The summed E-state index contributed by atoms with van der Waals surface area (Å²) in [4.78, 5) is 41.1. The fraction of sp³-hybridized carbons (Fsp3) is 0.389. The largest absolute Gasteiger partial charge is 0.383 e. The predicted octanol–water partition coefficient (Wildman–Crippen LogP) is 2.63. The number of nitrogens with two attached hydrogens (primary N) is 1. The Labute approximate surface area is 156 Å². The number of carbonyl (C=O) groups is 1. The summed E-state index contributed by atoms with van der Waals surface area (Å²) in [5.74, 6) is -0.444. The Bertz CT molecular complexity index is 904. The number of anilines is 2. The van der Waals surface area contributed by atoms with Crippen LogP contribution in [0, 0.1) is 0 Å². The fourth-order valence-corrected chi connectivity index (χ4v) is 2.91. The highest BCUT2D eigenvalue weighted by Gasteiger charge is 2.25. The number of nitrogens with one attached hydrogen (secondary N) is 1. The molecule has 2 aromatic rings. The molecule has 0 radical (unpaired) electrons. The van der Waals surface area contributed by atoms with E-state index in [-0.39, 0.29) is 28.6 Å². The molecule has 0 unspecified atom stereocenters. The van der Waals surface area contributed by atoms with E-state index in [0.717, 1.165) is 6.42 Å². The van der Waals surface area contributed by atoms with Crippen LogP contribution in [0.1, 0.15) is 43.5 Å². The van der Waals surface area contributed by atoms with Crippen molar-refractivity contribution >= 4 is 29.0 Å². The smallest absolute Gasteiger partial charge is 0.330 e. The van der Waals surface area contributed by atoms with Crippen molar-refractivity contribution in [1.82, 2.24) is 9.55 Å². The van der Waals surface area contributed by atoms with Gasteiger partial charge in [0.2, 0.25) is 0 Å². The van der Waals surface area contributed by atoms with Gasteiger partial charge in [-0.3, -0.25) is 19.1 Å². The van der Waals surface area contributed by atoms with Gasteiger partial charge in [0.05, 0.1) is 10.6 Å². The summed E-state index contributed by atoms with van der Waals surface area (Å²) in [7, 11) is 0. The van der Waals surface area contributed by atoms with Crippen LogP contribution in [0.2, 0.25) is 5.02 Å². The zero-order chi connectivity index (χ0) is 19.3. The summed E-state index contributed by atoms with van der Waals surface area (Å²) >= 11 is 6.15. The summed E-state index contributed by atoms with van der Waals surface area (Å²) in [5, 5.41) is 0.288. The van der Waals surface area contributed by atoms with Crippen molar-refractivity contribution in [2.75, 3.05) is 17.2 Å². The Morgan fingerprint density at radius 3 is 2.54 bits per heavy atom. The number of H-pyrrole nitrogens is 1. The third-order valence-corrected chi connectivity index (χ3v) is 4.35. The lowest BCUT2D eigenvalue weighted by Gasteiger charge is -2.24. The lowest BCUT2D eigenvalue weighted by atomic mass is 10.1. The Kier molecular flexibility index (Phi) is 6.63. The van der Waals surface area contributed by atoms with E-state index in [1.165, 1.54) is 9.47 Å². The molecule has 0 atom stereocenters. The molecule has 2 rings (SSSR count). The Balaban J connectivity index is 2.63. The molecule has 0 aliphatic carbocycles. The number of hydrogen-bond donors (Lipinski definition) is 2. The average Bonchev–Trinajstić information content (AvgIpc) is 2.61. The number of aromatic nitrogens is 2. The van der Waals surface area contributed by atoms with E-state index in [4.69, 9.17) is 17.3 Å². The third kappa shape index (κ3) is 3.99. The molecule has 3 N–H and O–H groups in total. The van der Waals surface area contributed by atoms with Crippen LogP contribution in [-0.4, -0.2) is 22.0 Å². The molecular formula is C18H23ClN4O3. The highest BCUT2D eigenvalue weighted by atomic mass is 35.5. The van der Waals surface area contributed by atoms with Crippen molar-refractivity contribution in [3.8, 4) is 0 Å². The maximum absolute atomic E-state index is 13.1. The number of halogens is 1. The van der Waals surface area contributed by atoms with Crippen LogP contribution in [-0.2, 0) is 6.54 Å². The van der Waals surface area contributed by atoms with Gasteiger partial charge in [-0.1, -0.05) is 44.0 Å². The average molecular weight is 379 g/mol. The molecule has 1 amide bonds. The molecule has 0 fully saturated rings. The molecule has 0 aliphatic heterocycles. The molecule has 0 saturated heterocycles. The van der Waals surface area contributed by atoms with Crippen LogP contribution < -0.4 is 21.9 Å². The van der Waals surface area contributed by atoms with Gasteiger partial charge in [-0.2, -0.15) is 0 Å². The molecule has 0 spiro atoms. The van der Waals surface area contributed by atoms with E-state index >= 15 is 0 Å². The van der Waals surface area contributed by atoms with Crippen molar-refractivity contribution in [3.63, 3.8) is 0 Å². The topological polar surface area (TPSA) is 101 Å². The van der Waals surface area contributed by atoms with Crippen molar-refractivity contribution < 1.29 is 4.79 Å². The summed E-state index contributed by atoms with van der Waals surface area (Å²) in [6.45, 7) is 4.50. The highest BCUT2D eigenvalue weighted by molar-refractivity contribution is 6.34. The van der Waals surface area contributed by atoms with Crippen molar-refractivity contribution in [3.05, 3.63) is 55.7 Å². The first-order chi connectivity index (χ1) is 12.4. The van der Waals surface area contributed by atoms with Gasteiger partial charge in [0, 0.05) is 13.1 Å². The molecule has 26 heavy (non-hydrogen) atoms. The highest BCUT2D eigenvalue weighted by Crippen LogP contribution is 2.23. The van der Waals surface area contributed by atoms with Gasteiger partial charge in [0.1, 0.15) is 5.82 Å². The molecule has 0 aliphatic rings. The molecule has 1 aromatic heterocycles. The zero-order valence-corrected chi connectivity index (χ0v) is 15.7. The molecular weight excluding hydrogens is 356 g/mol. The Morgan fingerprint density at radius 1 is 1.23 bits per heavy atom. The van der Waals surface area contributed by atoms with Crippen LogP contribution in [0.15, 0.2) is 33.9 Å². The van der Waals surface area contributed by atoms with E-state index in [0.29, 0.717) is 19.4 Å². The minimum atomic E-state index is -0.684. The van der Waals surface area contributed by atoms with Crippen molar-refractivity contribution in [2.45, 2.75) is 39.7 Å². The normalized spacial score (nSPS) is 10.7. The second kappa shape index (κ2) is 8.71. The van der Waals surface area contributed by atoms with Crippen LogP contribution >= 0.6 is 11.6 Å². The molecule has 7 nitrogen and oxygen atoms in total. The number of aromatic amines is 1. The Morgan fingerprint density at radius 2 is 1.92 bits per heavy atom. The number of benzene rings is 1. The van der Waals surface area contributed by atoms with Gasteiger partial charge in [-0.25, -0.2) is 4.79 Å². The molecule has 1 aromatic carbocycles. The van der Waals surface area contributed by atoms with Crippen LogP contribution in [0.5, 0.6) is 0 Å². The number of hydrogen-bond acceptors (Lipinski definition) is 4. The second-order valence-electron chi connectivity index (χ2n) is 5.93. The lowest BCUT2D eigenvalue weighted by Crippen LogP contribution is -2.41. The van der Waals surface area contributed by atoms with Gasteiger partial charge < -0.3 is 10.6 Å². The summed E-state index contributed by atoms with van der Waals surface area (Å²) in [6, 6.07) is 6.62. The number of nitrogen functional groups attached to an aromatic ring is 1. The van der Waals surface area contributed by atoms with Crippen LogP contribution in [0.3, 0.4) is 0 Å². The maximum Gasteiger partial charge on any atom is 0.330 e. The molecule has 0 bridgehead atoms. The molecule has 1 heterocycles. The van der Waals surface area contributed by atoms with Gasteiger partial charge in [0.15, 0.2) is 5.69 Å². The monoisotopic (exact) mass is 378 g/mol. The minimum Gasteiger partial charge on any atom is -0.383 e. The quantitative estimate of drug-likeness (QED) is 0.773. The van der Waals surface area contributed by atoms with E-state index < -0.39 is 17.2 Å². The van der Waals surface area contributed by atoms with E-state index in [1.54, 1.807) is 24.3 Å². The number of nitrogens with zero attached hydrogens (tertiary/aromatic N) is 2. The van der Waals surface area contributed by atoms with Crippen LogP contribution in [0.4, 0.5) is 11.5 Å². The fourth-order valence-electron chi connectivity index (χ4n) is 2.69. The van der Waals surface area contributed by atoms with Gasteiger partial charge in [-0.15, -0.1) is 0 Å². The summed E-state index contributed by atoms with van der Waals surface area (Å²) in [6.07, 6.45) is 2.14. The summed E-state index contributed by atoms with van der Waals surface area (Å²) in [5.41, 5.74) is 5.10. The Hall–Kier alpha value is -2.54. The molecule has 0 saturated carbocycles. The van der Waals surface area contributed by atoms with Gasteiger partial charge >= 0.3 is 5.69 Å². The lowest BCUT2D eigenvalue weighted by molar-refractivity contribution is 0.0986. The summed E-state index contributed by atoms with van der Waals surface area (Å²) < 4.78 is 1.27. The SMILES string of the molecule is CCCCN(C(=O)c1ccccc1Cl)c1c(N)n(CCC)c(=O)[nH]c1=O. The molecule has 8 heteroatoms. The number of carbonyl (C=O) groups excluding carboxylic acids is 1. The van der Waals surface area contributed by atoms with Crippen molar-refractivity contribution in [2.24, 2.45) is 0 Å². The van der Waals surface area contributed by atoms with Gasteiger partial charge in [0.25, 0.3) is 11.5 Å². The van der Waals surface area contributed by atoms with Crippen LogP contribution in [0.25, 0.3) is 0 Å². The zero-order valence-electron chi connectivity index (χ0n) is 14.9. The van der Waals surface area contributed by atoms with E-state index in [1.807, 2.05) is 13.8 Å². The standard InChI is InChI=1S/C18H23ClN4O3/c1-3-5-11-22(17(25)12-8-6-7-9-13(12)19)14-15(20)23(10-4-2)18(26)21-16(14)24/h6-9H,3-5,10-11,20H2,1-2H3,(H,21,24,26). The third-order valence-electron chi connectivity index (χ3n) is 4.02. The predicted molar refractivity (Wildman–Crippen MR) is 104 cm³/mol. The molecule has 140 valence electrons. The van der Waals surface area contributed by atoms with Gasteiger partial charge in [-0.05, 0) is 25.0 Å². The number of rotatable bonds is 7. The minimum absolute atomic E-state index is 0.0166. The van der Waals surface area contributed by atoms with Crippen molar-refractivity contribution in [1.29, 1.82) is 0 Å². The van der Waals surface area contributed by atoms with E-state index in [2.05, 4.69) is 4.98 Å². The first-order valence-electron chi connectivity index (χ1n) is 8.61. The number of amides is 1. The number of unbranched alkanes of at least 4 members (excludes halogenated alkanes) is 1. The van der Waals surface area contributed by atoms with E-state index in [9.17, 15) is 14.4 Å².